The molecule has 2 aromatic rings. The summed E-state index contributed by atoms with van der Waals surface area (Å²) >= 11 is 6.22. The Balaban J connectivity index is 1.57. The molecule has 0 bridgehead atoms. The fraction of sp³-hybridized carbons (Fsp3) is 0.435. The Morgan fingerprint density at radius 3 is 2.38 bits per heavy atom. The molecule has 0 saturated carbocycles. The van der Waals surface area contributed by atoms with E-state index < -0.39 is 10.0 Å². The van der Waals surface area contributed by atoms with Crippen molar-refractivity contribution in [3.8, 4) is 0 Å². The summed E-state index contributed by atoms with van der Waals surface area (Å²) in [7, 11) is -3.68. The molecule has 7 nitrogen and oxygen atoms in total. The molecular formula is C23H28ClN3O4S. The van der Waals surface area contributed by atoms with Crippen LogP contribution in [-0.4, -0.2) is 58.0 Å². The smallest absolute Gasteiger partial charge is 0.255 e. The minimum Gasteiger partial charge on any atom is -0.379 e. The van der Waals surface area contributed by atoms with E-state index in [1.165, 1.54) is 29.3 Å². The summed E-state index contributed by atoms with van der Waals surface area (Å²) in [5.74, 6) is -0.373. The van der Waals surface area contributed by atoms with Crippen LogP contribution in [0.25, 0.3) is 0 Å². The number of nitrogens with zero attached hydrogens (tertiary/aromatic N) is 2. The number of carbonyl (C=O) groups excluding carboxylic acids is 1. The Labute approximate surface area is 194 Å². The molecule has 1 amide bonds. The van der Waals surface area contributed by atoms with Gasteiger partial charge in [0, 0.05) is 36.8 Å². The number of morpholine rings is 1. The van der Waals surface area contributed by atoms with Gasteiger partial charge in [-0.1, -0.05) is 30.5 Å². The average Bonchev–Trinajstić information content (AvgIpc) is 3.09. The normalized spacial score (nSPS) is 18.2. The molecule has 32 heavy (non-hydrogen) atoms. The number of hydrogen-bond acceptors (Lipinski definition) is 5. The highest BCUT2D eigenvalue weighted by atomic mass is 35.5. The number of halogens is 1. The van der Waals surface area contributed by atoms with Crippen molar-refractivity contribution in [3.05, 3.63) is 53.1 Å². The molecule has 2 saturated heterocycles. The van der Waals surface area contributed by atoms with Crippen molar-refractivity contribution in [2.75, 3.05) is 49.6 Å². The van der Waals surface area contributed by atoms with Gasteiger partial charge in [-0.05, 0) is 49.2 Å². The number of carbonyl (C=O) groups is 1. The van der Waals surface area contributed by atoms with Crippen LogP contribution in [0.5, 0.6) is 0 Å². The molecule has 2 aromatic carbocycles. The number of hydrogen-bond donors (Lipinski definition) is 1. The Morgan fingerprint density at radius 2 is 1.66 bits per heavy atom. The summed E-state index contributed by atoms with van der Waals surface area (Å²) < 4.78 is 32.6. The van der Waals surface area contributed by atoms with Crippen LogP contribution in [0.15, 0.2) is 47.4 Å². The molecular weight excluding hydrogens is 450 g/mol. The van der Waals surface area contributed by atoms with Gasteiger partial charge in [0.25, 0.3) is 5.91 Å². The van der Waals surface area contributed by atoms with Gasteiger partial charge < -0.3 is 15.0 Å². The van der Waals surface area contributed by atoms with Crippen molar-refractivity contribution in [1.82, 2.24) is 4.31 Å². The zero-order chi connectivity index (χ0) is 22.6. The Morgan fingerprint density at radius 1 is 0.938 bits per heavy atom. The number of ether oxygens (including phenoxy) is 1. The Kier molecular flexibility index (Phi) is 7.35. The summed E-state index contributed by atoms with van der Waals surface area (Å²) in [6, 6.07) is 11.7. The van der Waals surface area contributed by atoms with Crippen LogP contribution in [0.4, 0.5) is 11.4 Å². The van der Waals surface area contributed by atoms with Gasteiger partial charge >= 0.3 is 0 Å². The minimum atomic E-state index is -3.68. The molecule has 0 unspecified atom stereocenters. The van der Waals surface area contributed by atoms with Crippen molar-refractivity contribution in [3.63, 3.8) is 0 Å². The van der Waals surface area contributed by atoms with Crippen molar-refractivity contribution in [2.45, 2.75) is 30.6 Å². The summed E-state index contributed by atoms with van der Waals surface area (Å²) in [4.78, 5) is 15.5. The first-order chi connectivity index (χ1) is 15.4. The Hall–Kier alpha value is -2.13. The molecule has 2 fully saturated rings. The van der Waals surface area contributed by atoms with Crippen molar-refractivity contribution >= 4 is 38.9 Å². The first-order valence-corrected chi connectivity index (χ1v) is 12.8. The molecule has 9 heteroatoms. The number of nitrogens with one attached hydrogen (secondary N) is 1. The third-order valence-corrected chi connectivity index (χ3v) is 7.99. The van der Waals surface area contributed by atoms with E-state index in [1.807, 2.05) is 12.1 Å². The second-order valence-electron chi connectivity index (χ2n) is 8.06. The van der Waals surface area contributed by atoms with Crippen LogP contribution >= 0.6 is 11.6 Å². The van der Waals surface area contributed by atoms with Gasteiger partial charge in [-0.25, -0.2) is 8.42 Å². The van der Waals surface area contributed by atoms with Crippen LogP contribution in [0.1, 0.15) is 36.0 Å². The van der Waals surface area contributed by atoms with Crippen LogP contribution in [0, 0.1) is 0 Å². The van der Waals surface area contributed by atoms with Crippen LogP contribution in [0.3, 0.4) is 0 Å². The number of anilines is 2. The number of amides is 1. The predicted octanol–water partition coefficient (Wildman–Crippen LogP) is 3.99. The first-order valence-electron chi connectivity index (χ1n) is 11.0. The van der Waals surface area contributed by atoms with Crippen molar-refractivity contribution < 1.29 is 17.9 Å². The summed E-state index contributed by atoms with van der Waals surface area (Å²) in [6.45, 7) is 3.21. The highest BCUT2D eigenvalue weighted by molar-refractivity contribution is 7.89. The van der Waals surface area contributed by atoms with E-state index in [9.17, 15) is 13.2 Å². The highest BCUT2D eigenvalue weighted by Gasteiger charge is 2.27. The topological polar surface area (TPSA) is 79.0 Å². The van der Waals surface area contributed by atoms with Crippen molar-refractivity contribution in [2.24, 2.45) is 0 Å². The monoisotopic (exact) mass is 477 g/mol. The van der Waals surface area contributed by atoms with Gasteiger partial charge in [0.05, 0.1) is 29.5 Å². The molecule has 2 heterocycles. The lowest BCUT2D eigenvalue weighted by molar-refractivity contribution is 0.0730. The van der Waals surface area contributed by atoms with Gasteiger partial charge in [-0.3, -0.25) is 4.79 Å². The Bertz CT molecular complexity index is 1060. The third-order valence-electron chi connectivity index (χ3n) is 5.86. The van der Waals surface area contributed by atoms with E-state index >= 15 is 0 Å². The van der Waals surface area contributed by atoms with E-state index in [2.05, 4.69) is 10.2 Å². The quantitative estimate of drug-likeness (QED) is 0.704. The summed E-state index contributed by atoms with van der Waals surface area (Å²) in [5, 5.41) is 3.48. The predicted molar refractivity (Wildman–Crippen MR) is 126 cm³/mol. The maximum atomic E-state index is 13.1. The first kappa shape index (κ1) is 23.0. The molecule has 172 valence electrons. The van der Waals surface area contributed by atoms with Gasteiger partial charge in [0.2, 0.25) is 10.0 Å². The summed E-state index contributed by atoms with van der Waals surface area (Å²) in [6.07, 6.45) is 4.63. The lowest BCUT2D eigenvalue weighted by Gasteiger charge is -2.26. The zero-order valence-electron chi connectivity index (χ0n) is 17.9. The van der Waals surface area contributed by atoms with Crippen LogP contribution in [0.2, 0.25) is 5.02 Å². The van der Waals surface area contributed by atoms with E-state index in [-0.39, 0.29) is 16.4 Å². The van der Waals surface area contributed by atoms with E-state index in [0.29, 0.717) is 37.0 Å². The lowest BCUT2D eigenvalue weighted by atomic mass is 10.2. The highest BCUT2D eigenvalue weighted by Crippen LogP contribution is 2.31. The van der Waals surface area contributed by atoms with E-state index in [0.717, 1.165) is 31.6 Å². The molecule has 4 rings (SSSR count). The third kappa shape index (κ3) is 5.26. The van der Waals surface area contributed by atoms with Crippen LogP contribution < -0.4 is 10.2 Å². The maximum absolute atomic E-state index is 13.1. The zero-order valence-corrected chi connectivity index (χ0v) is 19.5. The minimum absolute atomic E-state index is 0.103. The maximum Gasteiger partial charge on any atom is 0.255 e. The van der Waals surface area contributed by atoms with Gasteiger partial charge in [0.15, 0.2) is 0 Å². The molecule has 0 aromatic heterocycles. The summed E-state index contributed by atoms with van der Waals surface area (Å²) in [5.41, 5.74) is 1.84. The molecule has 0 atom stereocenters. The van der Waals surface area contributed by atoms with Crippen LogP contribution in [-0.2, 0) is 14.8 Å². The molecule has 2 aliphatic rings. The van der Waals surface area contributed by atoms with Gasteiger partial charge in [-0.15, -0.1) is 0 Å². The number of rotatable bonds is 5. The van der Waals surface area contributed by atoms with Gasteiger partial charge in [0.1, 0.15) is 0 Å². The van der Waals surface area contributed by atoms with E-state index in [4.69, 9.17) is 16.3 Å². The SMILES string of the molecule is O=C(Nc1cc(Cl)ccc1N1CCCCCC1)c1cccc(S(=O)(=O)N2CCOCC2)c1. The molecule has 0 spiro atoms. The van der Waals surface area contributed by atoms with Crippen molar-refractivity contribution in [1.29, 1.82) is 0 Å². The van der Waals surface area contributed by atoms with Gasteiger partial charge in [-0.2, -0.15) is 4.31 Å². The second kappa shape index (κ2) is 10.2. The molecule has 2 aliphatic heterocycles. The second-order valence-corrected chi connectivity index (χ2v) is 10.4. The fourth-order valence-electron chi connectivity index (χ4n) is 4.12. The average molecular weight is 478 g/mol. The molecule has 0 radical (unpaired) electrons. The number of benzene rings is 2. The fourth-order valence-corrected chi connectivity index (χ4v) is 5.75. The lowest BCUT2D eigenvalue weighted by Crippen LogP contribution is -2.40. The molecule has 0 aliphatic carbocycles. The largest absolute Gasteiger partial charge is 0.379 e. The standard InChI is InChI=1S/C23H28ClN3O4S/c24-19-8-9-22(26-10-3-1-2-4-11-26)21(17-19)25-23(28)18-6-5-7-20(16-18)32(29,30)27-12-14-31-15-13-27/h5-9,16-17H,1-4,10-15H2,(H,25,28). The van der Waals surface area contributed by atoms with E-state index in [1.54, 1.807) is 18.2 Å². The molecule has 1 N–H and O–H groups in total. The number of sulfonamides is 1.